The predicted octanol–water partition coefficient (Wildman–Crippen LogP) is 3.55. The molecule has 0 radical (unpaired) electrons. The zero-order valence-corrected chi connectivity index (χ0v) is 15.5. The third-order valence-electron chi connectivity index (χ3n) is 4.21. The van der Waals surface area contributed by atoms with Crippen molar-refractivity contribution >= 4 is 17.6 Å². The van der Waals surface area contributed by atoms with Crippen molar-refractivity contribution in [3.8, 4) is 16.9 Å². The number of phenolic OH excluding ortho intramolecular Hbond substituents is 1. The third-order valence-corrected chi connectivity index (χ3v) is 4.21. The van der Waals surface area contributed by atoms with Crippen molar-refractivity contribution in [1.82, 2.24) is 0 Å². The van der Waals surface area contributed by atoms with Gasteiger partial charge in [-0.2, -0.15) is 0 Å². The first-order valence-electron chi connectivity index (χ1n) is 8.49. The van der Waals surface area contributed by atoms with E-state index in [9.17, 15) is 14.7 Å². The van der Waals surface area contributed by atoms with Crippen LogP contribution in [0.25, 0.3) is 11.1 Å². The van der Waals surface area contributed by atoms with Gasteiger partial charge in [0.05, 0.1) is 19.8 Å². The van der Waals surface area contributed by atoms with E-state index in [1.165, 1.54) is 20.3 Å². The van der Waals surface area contributed by atoms with E-state index < -0.39 is 11.9 Å². The third kappa shape index (κ3) is 3.81. The molecule has 142 valence electrons. The molecule has 0 unspecified atom stereocenters. The molecule has 0 amide bonds. The summed E-state index contributed by atoms with van der Waals surface area (Å²) in [7, 11) is 2.51. The number of benzene rings is 2. The van der Waals surface area contributed by atoms with Crippen molar-refractivity contribution < 1.29 is 24.2 Å². The fourth-order valence-corrected chi connectivity index (χ4v) is 2.85. The Balaban J connectivity index is 2.12. The van der Waals surface area contributed by atoms with Gasteiger partial charge in [0.2, 0.25) is 0 Å². The summed E-state index contributed by atoms with van der Waals surface area (Å²) in [5.41, 5.74) is 2.59. The highest BCUT2D eigenvalue weighted by atomic mass is 16.5. The molecular formula is C22H19NO5. The molecule has 0 aromatic heterocycles. The first kappa shape index (κ1) is 19.0. The maximum Gasteiger partial charge on any atom is 0.355 e. The second-order valence-electron chi connectivity index (χ2n) is 5.91. The summed E-state index contributed by atoms with van der Waals surface area (Å²) in [6.45, 7) is 0. The molecule has 3 rings (SSSR count). The minimum Gasteiger partial charge on any atom is -0.508 e. The number of hydrogen-bond acceptors (Lipinski definition) is 6. The Bertz CT molecular complexity index is 986. The Kier molecular flexibility index (Phi) is 5.60. The molecule has 0 aliphatic carbocycles. The van der Waals surface area contributed by atoms with Gasteiger partial charge in [0.15, 0.2) is 0 Å². The SMILES string of the molecule is COC(=O)C1=C(C(=O)OC)N(c2cccc(-c3ccc(O)cc3)c2)C=CC=C1. The van der Waals surface area contributed by atoms with Crippen LogP contribution in [0, 0.1) is 0 Å². The summed E-state index contributed by atoms with van der Waals surface area (Å²) < 4.78 is 9.73. The molecule has 1 aliphatic heterocycles. The molecule has 0 bridgehead atoms. The minimum atomic E-state index is -0.661. The molecular weight excluding hydrogens is 358 g/mol. The molecule has 0 atom stereocenters. The largest absolute Gasteiger partial charge is 0.508 e. The van der Waals surface area contributed by atoms with Crippen LogP contribution in [0.15, 0.2) is 84.2 Å². The van der Waals surface area contributed by atoms with Gasteiger partial charge in [-0.15, -0.1) is 0 Å². The maximum absolute atomic E-state index is 12.5. The average molecular weight is 377 g/mol. The molecule has 2 aromatic carbocycles. The van der Waals surface area contributed by atoms with Gasteiger partial charge in [0.25, 0.3) is 0 Å². The van der Waals surface area contributed by atoms with Crippen molar-refractivity contribution in [3.63, 3.8) is 0 Å². The highest BCUT2D eigenvalue weighted by Gasteiger charge is 2.27. The first-order valence-corrected chi connectivity index (χ1v) is 8.49. The normalized spacial score (nSPS) is 13.3. The Hall–Kier alpha value is -3.80. The molecule has 6 nitrogen and oxygen atoms in total. The first-order chi connectivity index (χ1) is 13.5. The Labute approximate surface area is 162 Å². The van der Waals surface area contributed by atoms with Crippen LogP contribution < -0.4 is 4.90 Å². The fraction of sp³-hybridized carbons (Fsp3) is 0.0909. The van der Waals surface area contributed by atoms with Gasteiger partial charge in [-0.1, -0.05) is 30.3 Å². The number of rotatable bonds is 4. The fourth-order valence-electron chi connectivity index (χ4n) is 2.85. The number of phenols is 1. The zero-order chi connectivity index (χ0) is 20.1. The lowest BCUT2D eigenvalue weighted by molar-refractivity contribution is -0.139. The number of carbonyl (C=O) groups is 2. The van der Waals surface area contributed by atoms with E-state index >= 15 is 0 Å². The van der Waals surface area contributed by atoms with Crippen LogP contribution in [0.2, 0.25) is 0 Å². The molecule has 0 saturated heterocycles. The van der Waals surface area contributed by atoms with Crippen LogP contribution in [0.4, 0.5) is 5.69 Å². The Morgan fingerprint density at radius 1 is 0.893 bits per heavy atom. The standard InChI is InChI=1S/C22H19NO5/c1-27-21(25)19-8-3-4-13-23(20(19)22(26)28-2)17-7-5-6-16(14-17)15-9-11-18(24)12-10-15/h3-14,24H,1-2H3. The smallest absolute Gasteiger partial charge is 0.355 e. The number of carbonyl (C=O) groups excluding carboxylic acids is 2. The van der Waals surface area contributed by atoms with Crippen molar-refractivity contribution in [2.45, 2.75) is 0 Å². The van der Waals surface area contributed by atoms with Crippen molar-refractivity contribution in [1.29, 1.82) is 0 Å². The quantitative estimate of drug-likeness (QED) is 0.822. The van der Waals surface area contributed by atoms with Gasteiger partial charge < -0.3 is 19.5 Å². The maximum atomic E-state index is 12.5. The van der Waals surface area contributed by atoms with Crippen LogP contribution in [-0.4, -0.2) is 31.3 Å². The molecule has 1 heterocycles. The lowest BCUT2D eigenvalue weighted by atomic mass is 10.0. The number of allylic oxidation sites excluding steroid dienone is 2. The number of esters is 2. The minimum absolute atomic E-state index is 0.0576. The molecule has 6 heteroatoms. The van der Waals surface area contributed by atoms with Crippen molar-refractivity contribution in [3.05, 3.63) is 84.2 Å². The van der Waals surface area contributed by atoms with E-state index in [0.29, 0.717) is 5.69 Å². The van der Waals surface area contributed by atoms with Gasteiger partial charge in [-0.25, -0.2) is 9.59 Å². The molecule has 0 saturated carbocycles. The van der Waals surface area contributed by atoms with E-state index in [-0.39, 0.29) is 17.0 Å². The summed E-state index contributed by atoms with van der Waals surface area (Å²) in [5.74, 6) is -1.12. The van der Waals surface area contributed by atoms with Gasteiger partial charge in [0.1, 0.15) is 11.4 Å². The highest BCUT2D eigenvalue weighted by Crippen LogP contribution is 2.30. The number of aromatic hydroxyl groups is 1. The lowest BCUT2D eigenvalue weighted by Gasteiger charge is -2.23. The number of anilines is 1. The average Bonchev–Trinajstić information content (AvgIpc) is 2.96. The molecule has 0 fully saturated rings. The molecule has 28 heavy (non-hydrogen) atoms. The van der Waals surface area contributed by atoms with E-state index in [1.54, 1.807) is 47.5 Å². The van der Waals surface area contributed by atoms with Crippen molar-refractivity contribution in [2.75, 3.05) is 19.1 Å². The topological polar surface area (TPSA) is 76.1 Å². The van der Waals surface area contributed by atoms with Gasteiger partial charge in [0, 0.05) is 11.9 Å². The van der Waals surface area contributed by atoms with Crippen LogP contribution in [-0.2, 0) is 19.1 Å². The van der Waals surface area contributed by atoms with Crippen LogP contribution in [0.1, 0.15) is 0 Å². The predicted molar refractivity (Wildman–Crippen MR) is 105 cm³/mol. The molecule has 1 N–H and O–H groups in total. The molecule has 2 aromatic rings. The summed E-state index contributed by atoms with van der Waals surface area (Å²) >= 11 is 0. The van der Waals surface area contributed by atoms with Crippen molar-refractivity contribution in [2.24, 2.45) is 0 Å². The lowest BCUT2D eigenvalue weighted by Crippen LogP contribution is -2.26. The van der Waals surface area contributed by atoms with E-state index in [0.717, 1.165) is 11.1 Å². The van der Waals surface area contributed by atoms with Crippen LogP contribution in [0.5, 0.6) is 5.75 Å². The van der Waals surface area contributed by atoms with Gasteiger partial charge in [-0.3, -0.25) is 0 Å². The van der Waals surface area contributed by atoms with Gasteiger partial charge >= 0.3 is 11.9 Å². The highest BCUT2D eigenvalue weighted by molar-refractivity contribution is 6.05. The summed E-state index contributed by atoms with van der Waals surface area (Å²) in [6, 6.07) is 14.3. The summed E-state index contributed by atoms with van der Waals surface area (Å²) in [5, 5.41) is 9.50. The summed E-state index contributed by atoms with van der Waals surface area (Å²) in [6.07, 6.45) is 6.55. The monoisotopic (exact) mass is 377 g/mol. The number of nitrogens with zero attached hydrogens (tertiary/aromatic N) is 1. The molecule has 0 spiro atoms. The zero-order valence-electron chi connectivity index (χ0n) is 15.5. The number of hydrogen-bond donors (Lipinski definition) is 1. The van der Waals surface area contributed by atoms with Crippen LogP contribution in [0.3, 0.4) is 0 Å². The molecule has 1 aliphatic rings. The van der Waals surface area contributed by atoms with Gasteiger partial charge in [-0.05, 0) is 47.5 Å². The second kappa shape index (κ2) is 8.26. The number of methoxy groups -OCH3 is 2. The summed E-state index contributed by atoms with van der Waals surface area (Å²) in [4.78, 5) is 26.3. The van der Waals surface area contributed by atoms with E-state index in [1.807, 2.05) is 24.3 Å². The van der Waals surface area contributed by atoms with E-state index in [4.69, 9.17) is 9.47 Å². The Morgan fingerprint density at radius 3 is 2.29 bits per heavy atom. The van der Waals surface area contributed by atoms with E-state index in [2.05, 4.69) is 0 Å². The van der Waals surface area contributed by atoms with Crippen LogP contribution >= 0.6 is 0 Å². The Morgan fingerprint density at radius 2 is 1.61 bits per heavy atom. The second-order valence-corrected chi connectivity index (χ2v) is 5.91. The number of ether oxygens (including phenoxy) is 2.